The number of nitrogens with one attached hydrogen (secondary N) is 1. The van der Waals surface area contributed by atoms with Crippen LogP contribution in [0.5, 0.6) is 0 Å². The molecule has 0 unspecified atom stereocenters. The second kappa shape index (κ2) is 7.85. The number of hydrogen-bond donors (Lipinski definition) is 1. The van der Waals surface area contributed by atoms with E-state index in [9.17, 15) is 14.4 Å². The van der Waals surface area contributed by atoms with Crippen LogP contribution in [0.4, 0.5) is 10.1 Å². The van der Waals surface area contributed by atoms with Crippen molar-refractivity contribution >= 4 is 23.4 Å². The normalized spacial score (nSPS) is 10.2. The molecule has 0 atom stereocenters. The van der Waals surface area contributed by atoms with Crippen LogP contribution in [0.25, 0.3) is 0 Å². The Morgan fingerprint density at radius 3 is 2.46 bits per heavy atom. The zero-order valence-corrected chi connectivity index (χ0v) is 14.8. The van der Waals surface area contributed by atoms with Gasteiger partial charge in [0, 0.05) is 21.0 Å². The number of nitrogens with zero attached hydrogens (tertiary/aromatic N) is 1. The molecule has 3 rings (SSSR count). The number of halogens is 1. The lowest BCUT2D eigenvalue weighted by Gasteiger charge is -2.12. The smallest absolute Gasteiger partial charge is 0.256 e. The molecule has 3 aromatic carbocycles. The lowest BCUT2D eigenvalue weighted by molar-refractivity contribution is 0.102. The summed E-state index contributed by atoms with van der Waals surface area (Å²) in [6.45, 7) is 1.62. The van der Waals surface area contributed by atoms with Crippen LogP contribution in [0, 0.1) is 24.1 Å². The minimum atomic E-state index is -0.367. The predicted molar refractivity (Wildman–Crippen MR) is 101 cm³/mol. The zero-order valence-electron chi connectivity index (χ0n) is 14.0. The Morgan fingerprint density at radius 2 is 1.69 bits per heavy atom. The van der Waals surface area contributed by atoms with Crippen LogP contribution >= 0.6 is 11.8 Å². The maximum absolute atomic E-state index is 13.7. The van der Waals surface area contributed by atoms with Crippen molar-refractivity contribution < 1.29 is 9.18 Å². The average molecular weight is 362 g/mol. The van der Waals surface area contributed by atoms with Crippen LogP contribution in [0.3, 0.4) is 0 Å². The van der Waals surface area contributed by atoms with Crippen LogP contribution < -0.4 is 5.32 Å². The van der Waals surface area contributed by atoms with E-state index in [4.69, 9.17) is 0 Å². The molecule has 128 valence electrons. The molecule has 3 aromatic rings. The van der Waals surface area contributed by atoms with Crippen LogP contribution in [-0.4, -0.2) is 5.91 Å². The van der Waals surface area contributed by atoms with Crippen LogP contribution in [-0.2, 0) is 0 Å². The molecule has 0 radical (unpaired) electrons. The van der Waals surface area contributed by atoms with Gasteiger partial charge in [-0.1, -0.05) is 42.1 Å². The van der Waals surface area contributed by atoms with Crippen LogP contribution in [0.15, 0.2) is 76.5 Å². The summed E-state index contributed by atoms with van der Waals surface area (Å²) >= 11 is 1.35. The van der Waals surface area contributed by atoms with Crippen molar-refractivity contribution in [3.8, 4) is 6.07 Å². The first kappa shape index (κ1) is 17.7. The molecule has 0 bridgehead atoms. The quantitative estimate of drug-likeness (QED) is 0.675. The van der Waals surface area contributed by atoms with Gasteiger partial charge in [0.05, 0.1) is 11.1 Å². The summed E-state index contributed by atoms with van der Waals surface area (Å²) in [5, 5.41) is 12.0. The fraction of sp³-hybridized carbons (Fsp3) is 0.0476. The van der Waals surface area contributed by atoms with Gasteiger partial charge < -0.3 is 5.32 Å². The predicted octanol–water partition coefficient (Wildman–Crippen LogP) is 5.41. The number of benzene rings is 3. The molecule has 0 aromatic heterocycles. The molecule has 0 fully saturated rings. The van der Waals surface area contributed by atoms with Crippen molar-refractivity contribution in [1.29, 1.82) is 5.26 Å². The van der Waals surface area contributed by atoms with E-state index < -0.39 is 0 Å². The summed E-state index contributed by atoms with van der Waals surface area (Å²) in [5.74, 6) is -0.690. The van der Waals surface area contributed by atoms with E-state index in [0.717, 1.165) is 9.79 Å². The lowest BCUT2D eigenvalue weighted by atomic mass is 10.1. The molecular weight excluding hydrogens is 347 g/mol. The van der Waals surface area contributed by atoms with Gasteiger partial charge in [0.15, 0.2) is 0 Å². The molecule has 0 aliphatic rings. The van der Waals surface area contributed by atoms with Gasteiger partial charge in [-0.3, -0.25) is 4.79 Å². The molecule has 0 saturated carbocycles. The Morgan fingerprint density at radius 1 is 1.00 bits per heavy atom. The van der Waals surface area contributed by atoms with Gasteiger partial charge in [0.25, 0.3) is 5.91 Å². The standard InChI is InChI=1S/C21H15FN2OS/c1-14-17(22)9-6-10-18(14)24-21(25)16-8-3-5-12-20(16)26-19-11-4-2-7-15(19)13-23/h2-12H,1H3,(H,24,25). The van der Waals surface area contributed by atoms with E-state index in [1.54, 1.807) is 43.3 Å². The molecule has 0 aliphatic heterocycles. The van der Waals surface area contributed by atoms with E-state index in [1.165, 1.54) is 17.8 Å². The third kappa shape index (κ3) is 3.76. The Hall–Kier alpha value is -3.10. The first-order valence-corrected chi connectivity index (χ1v) is 8.74. The van der Waals surface area contributed by atoms with Crippen molar-refractivity contribution in [3.05, 3.63) is 89.2 Å². The highest BCUT2D eigenvalue weighted by atomic mass is 32.2. The molecule has 3 nitrogen and oxygen atoms in total. The Labute approximate surface area is 155 Å². The molecule has 5 heteroatoms. The highest BCUT2D eigenvalue weighted by Gasteiger charge is 2.15. The molecular formula is C21H15FN2OS. The van der Waals surface area contributed by atoms with Gasteiger partial charge in [-0.25, -0.2) is 4.39 Å². The molecule has 0 spiro atoms. The van der Waals surface area contributed by atoms with E-state index in [1.807, 2.05) is 24.3 Å². The Bertz CT molecular complexity index is 1010. The maximum atomic E-state index is 13.7. The summed E-state index contributed by atoms with van der Waals surface area (Å²) in [6.07, 6.45) is 0. The van der Waals surface area contributed by atoms with Gasteiger partial charge in [-0.05, 0) is 43.3 Å². The van der Waals surface area contributed by atoms with Crippen LogP contribution in [0.1, 0.15) is 21.5 Å². The summed E-state index contributed by atoms with van der Waals surface area (Å²) in [5.41, 5.74) is 1.84. The maximum Gasteiger partial charge on any atom is 0.256 e. The van der Waals surface area contributed by atoms with Crippen LogP contribution in [0.2, 0.25) is 0 Å². The number of carbonyl (C=O) groups excluding carboxylic acids is 1. The molecule has 0 aliphatic carbocycles. The topological polar surface area (TPSA) is 52.9 Å². The Kier molecular flexibility index (Phi) is 5.35. The molecule has 26 heavy (non-hydrogen) atoms. The number of carbonyl (C=O) groups is 1. The van der Waals surface area contributed by atoms with Crippen molar-refractivity contribution in [2.75, 3.05) is 5.32 Å². The fourth-order valence-corrected chi connectivity index (χ4v) is 3.47. The first-order chi connectivity index (χ1) is 12.6. The van der Waals surface area contributed by atoms with Gasteiger partial charge in [-0.2, -0.15) is 5.26 Å². The second-order valence-corrected chi connectivity index (χ2v) is 6.66. The largest absolute Gasteiger partial charge is 0.322 e. The zero-order chi connectivity index (χ0) is 18.5. The number of anilines is 1. The summed E-state index contributed by atoms with van der Waals surface area (Å²) in [7, 11) is 0. The third-order valence-electron chi connectivity index (χ3n) is 3.88. The van der Waals surface area contributed by atoms with E-state index in [0.29, 0.717) is 22.4 Å². The highest BCUT2D eigenvalue weighted by Crippen LogP contribution is 2.33. The first-order valence-electron chi connectivity index (χ1n) is 7.92. The number of amides is 1. The molecule has 0 saturated heterocycles. The summed E-state index contributed by atoms with van der Waals surface area (Å²) in [4.78, 5) is 14.2. The average Bonchev–Trinajstić information content (AvgIpc) is 2.66. The second-order valence-electron chi connectivity index (χ2n) is 5.57. The SMILES string of the molecule is Cc1c(F)cccc1NC(=O)c1ccccc1Sc1ccccc1C#N. The number of hydrogen-bond acceptors (Lipinski definition) is 3. The minimum absolute atomic E-state index is 0.323. The van der Waals surface area contributed by atoms with Gasteiger partial charge >= 0.3 is 0 Å². The minimum Gasteiger partial charge on any atom is -0.322 e. The van der Waals surface area contributed by atoms with E-state index >= 15 is 0 Å². The monoisotopic (exact) mass is 362 g/mol. The molecule has 0 heterocycles. The van der Waals surface area contributed by atoms with Gasteiger partial charge in [-0.15, -0.1) is 0 Å². The number of nitriles is 1. The van der Waals surface area contributed by atoms with Crippen molar-refractivity contribution in [1.82, 2.24) is 0 Å². The fourth-order valence-electron chi connectivity index (χ4n) is 2.44. The summed E-state index contributed by atoms with van der Waals surface area (Å²) < 4.78 is 13.7. The highest BCUT2D eigenvalue weighted by molar-refractivity contribution is 7.99. The molecule has 1 N–H and O–H groups in total. The Balaban J connectivity index is 1.91. The third-order valence-corrected chi connectivity index (χ3v) is 5.03. The van der Waals surface area contributed by atoms with Gasteiger partial charge in [0.2, 0.25) is 0 Å². The van der Waals surface area contributed by atoms with Crippen molar-refractivity contribution in [2.45, 2.75) is 16.7 Å². The number of rotatable bonds is 4. The van der Waals surface area contributed by atoms with Gasteiger partial charge in [0.1, 0.15) is 11.9 Å². The van der Waals surface area contributed by atoms with E-state index in [-0.39, 0.29) is 11.7 Å². The van der Waals surface area contributed by atoms with Crippen molar-refractivity contribution in [2.24, 2.45) is 0 Å². The molecule has 1 amide bonds. The summed E-state index contributed by atoms with van der Waals surface area (Å²) in [6, 6.07) is 21.1. The van der Waals surface area contributed by atoms with E-state index in [2.05, 4.69) is 11.4 Å². The lowest BCUT2D eigenvalue weighted by Crippen LogP contribution is -2.14. The van der Waals surface area contributed by atoms with Crippen molar-refractivity contribution in [3.63, 3.8) is 0 Å².